The Kier molecular flexibility index (Phi) is 3.51. The third-order valence-corrected chi connectivity index (χ3v) is 1.97. The van der Waals surface area contributed by atoms with E-state index in [9.17, 15) is 20.0 Å². The van der Waals surface area contributed by atoms with Crippen LogP contribution in [0.3, 0.4) is 0 Å². The Labute approximate surface area is 95.0 Å². The number of nitrogens with two attached hydrogens (primary N) is 1. The third kappa shape index (κ3) is 2.51. The summed E-state index contributed by atoms with van der Waals surface area (Å²) in [5, 5.41) is 22.1. The molecule has 1 aromatic rings. The van der Waals surface area contributed by atoms with Gasteiger partial charge in [0.25, 0.3) is 5.69 Å². The van der Waals surface area contributed by atoms with Crippen molar-refractivity contribution >= 4 is 34.6 Å². The molecule has 0 saturated carbocycles. The van der Waals surface area contributed by atoms with Gasteiger partial charge in [0, 0.05) is 12.1 Å². The maximum absolute atomic E-state index is 11.0. The van der Waals surface area contributed by atoms with Gasteiger partial charge in [-0.2, -0.15) is 0 Å². The van der Waals surface area contributed by atoms with Crippen LogP contribution in [-0.4, -0.2) is 21.8 Å². The number of aromatic hydroxyl groups is 1. The van der Waals surface area contributed by atoms with Gasteiger partial charge >= 0.3 is 0 Å². The predicted octanol–water partition coefficient (Wildman–Crippen LogP) is 1.06. The largest absolute Gasteiger partial charge is 0.504 e. The molecule has 16 heavy (non-hydrogen) atoms. The predicted molar refractivity (Wildman–Crippen MR) is 58.5 cm³/mol. The van der Waals surface area contributed by atoms with Crippen molar-refractivity contribution in [3.63, 3.8) is 0 Å². The van der Waals surface area contributed by atoms with Gasteiger partial charge in [-0.3, -0.25) is 14.9 Å². The number of benzene rings is 1. The summed E-state index contributed by atoms with van der Waals surface area (Å²) < 4.78 is 0. The normalized spacial score (nSPS) is 9.81. The van der Waals surface area contributed by atoms with Gasteiger partial charge in [0.05, 0.1) is 16.3 Å². The summed E-state index contributed by atoms with van der Waals surface area (Å²) in [5.41, 5.74) is 4.67. The van der Waals surface area contributed by atoms with E-state index in [1.807, 2.05) is 0 Å². The quantitative estimate of drug-likeness (QED) is 0.242. The minimum atomic E-state index is -0.688. The van der Waals surface area contributed by atoms with Gasteiger partial charge in [-0.25, -0.2) is 0 Å². The summed E-state index contributed by atoms with van der Waals surface area (Å²) in [4.78, 5) is 20.8. The first kappa shape index (κ1) is 12.1. The number of non-ortho nitro benzene ring substituents is 1. The van der Waals surface area contributed by atoms with Gasteiger partial charge in [0.15, 0.2) is 5.75 Å². The van der Waals surface area contributed by atoms with E-state index in [0.29, 0.717) is 0 Å². The monoisotopic (exact) mass is 245 g/mol. The van der Waals surface area contributed by atoms with Crippen LogP contribution in [0.2, 0.25) is 0 Å². The molecule has 0 fully saturated rings. The number of carbonyl (C=O) groups excluding carboxylic acids is 1. The van der Waals surface area contributed by atoms with Crippen LogP contribution in [-0.2, 0) is 4.79 Å². The van der Waals surface area contributed by atoms with Crippen LogP contribution in [0.15, 0.2) is 12.1 Å². The van der Waals surface area contributed by atoms with E-state index in [-0.39, 0.29) is 22.9 Å². The average molecular weight is 246 g/mol. The van der Waals surface area contributed by atoms with Gasteiger partial charge in [-0.05, 0) is 0 Å². The second-order valence-electron chi connectivity index (χ2n) is 2.87. The zero-order valence-corrected chi connectivity index (χ0v) is 8.69. The number of phenolic OH excluding ortho intramolecular Hbond substituents is 1. The summed E-state index contributed by atoms with van der Waals surface area (Å²) in [5.74, 6) is -1.36. The fourth-order valence-electron chi connectivity index (χ4n) is 1.03. The molecule has 1 amide bonds. The summed E-state index contributed by atoms with van der Waals surface area (Å²) in [7, 11) is 0. The molecule has 0 spiro atoms. The first-order valence-electron chi connectivity index (χ1n) is 4.08. The highest BCUT2D eigenvalue weighted by atomic mass is 35.5. The number of nitrogen functional groups attached to an aromatic ring is 1. The number of halogens is 1. The molecule has 7 nitrogen and oxygen atoms in total. The molecule has 1 rings (SSSR count). The second-order valence-corrected chi connectivity index (χ2v) is 3.14. The standard InChI is InChI=1S/C8H8ClN3O4/c9-3-7(13)11-6-2-4(12(15)16)1-5(10)8(6)14/h1-2,14H,3,10H2,(H,11,13). The van der Waals surface area contributed by atoms with Crippen molar-refractivity contribution < 1.29 is 14.8 Å². The lowest BCUT2D eigenvalue weighted by atomic mass is 10.2. The lowest BCUT2D eigenvalue weighted by Gasteiger charge is -2.07. The Balaban J connectivity index is 3.16. The number of phenols is 1. The molecule has 0 heterocycles. The molecule has 1 aromatic carbocycles. The lowest BCUT2D eigenvalue weighted by Crippen LogP contribution is -2.13. The van der Waals surface area contributed by atoms with E-state index in [1.165, 1.54) is 0 Å². The number of amides is 1. The number of alkyl halides is 1. The molecule has 0 saturated heterocycles. The summed E-state index contributed by atoms with van der Waals surface area (Å²) in [6.07, 6.45) is 0. The van der Waals surface area contributed by atoms with Gasteiger partial charge in [-0.1, -0.05) is 0 Å². The summed E-state index contributed by atoms with van der Waals surface area (Å²) >= 11 is 5.24. The fourth-order valence-corrected chi connectivity index (χ4v) is 1.09. The number of nitro groups is 1. The van der Waals surface area contributed by atoms with Crippen molar-refractivity contribution in [2.45, 2.75) is 0 Å². The molecule has 86 valence electrons. The van der Waals surface area contributed by atoms with Crippen LogP contribution in [0.1, 0.15) is 0 Å². The molecular weight excluding hydrogens is 238 g/mol. The first-order valence-corrected chi connectivity index (χ1v) is 4.62. The molecule has 0 aliphatic heterocycles. The number of rotatable bonds is 3. The van der Waals surface area contributed by atoms with Crippen molar-refractivity contribution in [1.82, 2.24) is 0 Å². The van der Waals surface area contributed by atoms with Crippen LogP contribution >= 0.6 is 11.6 Å². The summed E-state index contributed by atoms with van der Waals surface area (Å²) in [6.45, 7) is 0. The van der Waals surface area contributed by atoms with Gasteiger partial charge in [-0.15, -0.1) is 11.6 Å². The smallest absolute Gasteiger partial charge is 0.273 e. The number of anilines is 2. The Morgan fingerprint density at radius 2 is 2.25 bits per heavy atom. The van der Waals surface area contributed by atoms with E-state index in [2.05, 4.69) is 5.32 Å². The molecule has 0 aliphatic rings. The Bertz CT molecular complexity index is 449. The maximum atomic E-state index is 11.0. The zero-order valence-electron chi connectivity index (χ0n) is 7.94. The van der Waals surface area contributed by atoms with E-state index in [4.69, 9.17) is 17.3 Å². The number of carbonyl (C=O) groups is 1. The lowest BCUT2D eigenvalue weighted by molar-refractivity contribution is -0.384. The number of nitrogens with zero attached hydrogens (tertiary/aromatic N) is 1. The molecule has 0 atom stereocenters. The van der Waals surface area contributed by atoms with E-state index < -0.39 is 16.6 Å². The molecule has 4 N–H and O–H groups in total. The number of nitro benzene ring substituents is 1. The van der Waals surface area contributed by atoms with Gasteiger partial charge in [0.1, 0.15) is 5.88 Å². The number of hydrogen-bond donors (Lipinski definition) is 3. The van der Waals surface area contributed by atoms with Crippen molar-refractivity contribution in [1.29, 1.82) is 0 Å². The zero-order chi connectivity index (χ0) is 12.3. The number of nitrogens with one attached hydrogen (secondary N) is 1. The molecule has 0 bridgehead atoms. The van der Waals surface area contributed by atoms with E-state index >= 15 is 0 Å². The highest BCUT2D eigenvalue weighted by Crippen LogP contribution is 2.34. The Hall–Kier alpha value is -2.02. The highest BCUT2D eigenvalue weighted by Gasteiger charge is 2.15. The van der Waals surface area contributed by atoms with Crippen LogP contribution in [0, 0.1) is 10.1 Å². The minimum absolute atomic E-state index is 0.141. The minimum Gasteiger partial charge on any atom is -0.504 e. The maximum Gasteiger partial charge on any atom is 0.273 e. The Morgan fingerprint density at radius 1 is 1.62 bits per heavy atom. The molecule has 0 aliphatic carbocycles. The molecule has 0 unspecified atom stereocenters. The topological polar surface area (TPSA) is 118 Å². The van der Waals surface area contributed by atoms with Crippen LogP contribution in [0.25, 0.3) is 0 Å². The van der Waals surface area contributed by atoms with Gasteiger partial charge < -0.3 is 16.2 Å². The van der Waals surface area contributed by atoms with E-state index in [1.54, 1.807) is 0 Å². The van der Waals surface area contributed by atoms with Crippen molar-refractivity contribution in [2.24, 2.45) is 0 Å². The molecular formula is C8H8ClN3O4. The average Bonchev–Trinajstić information content (AvgIpc) is 2.23. The molecule has 0 radical (unpaired) electrons. The van der Waals surface area contributed by atoms with Crippen LogP contribution in [0.5, 0.6) is 5.75 Å². The van der Waals surface area contributed by atoms with Crippen molar-refractivity contribution in [3.05, 3.63) is 22.2 Å². The second kappa shape index (κ2) is 4.67. The molecule has 0 aromatic heterocycles. The summed E-state index contributed by atoms with van der Waals surface area (Å²) in [6, 6.07) is 1.99. The van der Waals surface area contributed by atoms with Crippen molar-refractivity contribution in [2.75, 3.05) is 16.9 Å². The van der Waals surface area contributed by atoms with Crippen LogP contribution < -0.4 is 11.1 Å². The van der Waals surface area contributed by atoms with Crippen molar-refractivity contribution in [3.8, 4) is 5.75 Å². The molecule has 8 heteroatoms. The third-order valence-electron chi connectivity index (χ3n) is 1.73. The number of hydrogen-bond acceptors (Lipinski definition) is 5. The SMILES string of the molecule is Nc1cc([N+](=O)[O-])cc(NC(=O)CCl)c1O. The Morgan fingerprint density at radius 3 is 2.75 bits per heavy atom. The van der Waals surface area contributed by atoms with Crippen LogP contribution in [0.4, 0.5) is 17.1 Å². The first-order chi connectivity index (χ1) is 7.45. The fraction of sp³-hybridized carbons (Fsp3) is 0.125. The highest BCUT2D eigenvalue weighted by molar-refractivity contribution is 6.29. The van der Waals surface area contributed by atoms with Gasteiger partial charge in [0.2, 0.25) is 5.91 Å². The van der Waals surface area contributed by atoms with E-state index in [0.717, 1.165) is 12.1 Å².